The van der Waals surface area contributed by atoms with E-state index in [1.807, 2.05) is 0 Å². The van der Waals surface area contributed by atoms with E-state index in [9.17, 15) is 10.2 Å². The van der Waals surface area contributed by atoms with Crippen LogP contribution in [0, 0.1) is 0 Å². The van der Waals surface area contributed by atoms with Gasteiger partial charge < -0.3 is 37.9 Å². The molecule has 136 valence electrons. The zero-order valence-corrected chi connectivity index (χ0v) is 14.1. The Hall–Kier alpha value is -2.48. The minimum absolute atomic E-state index is 0.0953. The molecule has 0 bridgehead atoms. The molecule has 7 nitrogen and oxygen atoms in total. The fourth-order valence-corrected chi connectivity index (χ4v) is 2.56. The van der Waals surface area contributed by atoms with Crippen LogP contribution in [0.1, 0.15) is 11.1 Å². The second-order valence-corrected chi connectivity index (χ2v) is 6.17. The molecule has 2 aromatic rings. The molecule has 2 rings (SSSR count). The molecule has 2 atom stereocenters. The predicted molar refractivity (Wildman–Crippen MR) is 101 cm³/mol. The Morgan fingerprint density at radius 3 is 1.48 bits per heavy atom. The smallest absolute Gasteiger partial charge is 0.0814 e. The van der Waals surface area contributed by atoms with Crippen molar-refractivity contribution in [2.24, 2.45) is 0 Å². The molecular weight excluding hydrogens is 320 g/mol. The zero-order valence-electron chi connectivity index (χ0n) is 14.1. The van der Waals surface area contributed by atoms with Crippen LogP contribution in [0.3, 0.4) is 0 Å². The Kier molecular flexibility index (Phi) is 6.46. The lowest BCUT2D eigenvalue weighted by Crippen LogP contribution is -2.24. The summed E-state index contributed by atoms with van der Waals surface area (Å²) in [5.74, 6) is 0. The third-order valence-corrected chi connectivity index (χ3v) is 3.87. The largest absolute Gasteiger partial charge is 0.399 e. The van der Waals surface area contributed by atoms with Crippen molar-refractivity contribution in [1.82, 2.24) is 0 Å². The first-order chi connectivity index (χ1) is 11.8. The van der Waals surface area contributed by atoms with E-state index in [1.54, 1.807) is 36.4 Å². The zero-order chi connectivity index (χ0) is 18.4. The molecule has 0 aliphatic carbocycles. The van der Waals surface area contributed by atoms with Crippen molar-refractivity contribution in [1.29, 1.82) is 0 Å². The number of benzene rings is 2. The molecule has 25 heavy (non-hydrogen) atoms. The van der Waals surface area contributed by atoms with Gasteiger partial charge in [-0.1, -0.05) is 12.1 Å². The quantitative estimate of drug-likeness (QED) is 0.381. The molecule has 0 saturated carbocycles. The maximum Gasteiger partial charge on any atom is 0.0814 e. The van der Waals surface area contributed by atoms with E-state index in [0.29, 0.717) is 35.6 Å². The fourth-order valence-electron chi connectivity index (χ4n) is 2.56. The van der Waals surface area contributed by atoms with Crippen molar-refractivity contribution in [3.05, 3.63) is 47.5 Å². The number of ether oxygens (including phenoxy) is 1. The molecule has 0 heterocycles. The summed E-state index contributed by atoms with van der Waals surface area (Å²) in [4.78, 5) is 0. The van der Waals surface area contributed by atoms with E-state index in [0.717, 1.165) is 11.1 Å². The summed E-state index contributed by atoms with van der Waals surface area (Å²) in [6, 6.07) is 10.4. The Morgan fingerprint density at radius 1 is 0.720 bits per heavy atom. The van der Waals surface area contributed by atoms with Crippen molar-refractivity contribution >= 4 is 22.7 Å². The molecule has 0 aliphatic rings. The van der Waals surface area contributed by atoms with E-state index >= 15 is 0 Å². The third-order valence-electron chi connectivity index (χ3n) is 3.87. The van der Waals surface area contributed by atoms with Crippen molar-refractivity contribution < 1.29 is 14.9 Å². The van der Waals surface area contributed by atoms with Crippen LogP contribution in [0.5, 0.6) is 0 Å². The van der Waals surface area contributed by atoms with E-state index in [2.05, 4.69) is 0 Å². The molecule has 2 aromatic carbocycles. The van der Waals surface area contributed by atoms with E-state index in [4.69, 9.17) is 27.7 Å². The summed E-state index contributed by atoms with van der Waals surface area (Å²) in [6.07, 6.45) is -0.736. The first-order valence-corrected chi connectivity index (χ1v) is 8.06. The highest BCUT2D eigenvalue weighted by Gasteiger charge is 2.12. The minimum atomic E-state index is -0.722. The van der Waals surface area contributed by atoms with Crippen LogP contribution in [0.2, 0.25) is 0 Å². The maximum atomic E-state index is 10.0. The van der Waals surface area contributed by atoms with Crippen LogP contribution in [0.15, 0.2) is 36.4 Å². The molecule has 0 radical (unpaired) electrons. The van der Waals surface area contributed by atoms with Crippen LogP contribution in [0.4, 0.5) is 22.7 Å². The van der Waals surface area contributed by atoms with E-state index in [-0.39, 0.29) is 13.2 Å². The summed E-state index contributed by atoms with van der Waals surface area (Å²) < 4.78 is 5.40. The molecule has 10 N–H and O–H groups in total. The molecule has 0 amide bonds. The summed E-state index contributed by atoms with van der Waals surface area (Å²) in [5, 5.41) is 20.1. The minimum Gasteiger partial charge on any atom is -0.399 e. The average Bonchev–Trinajstić information content (AvgIpc) is 2.53. The normalized spacial score (nSPS) is 13.5. The lowest BCUT2D eigenvalue weighted by Gasteiger charge is -2.16. The summed E-state index contributed by atoms with van der Waals surface area (Å²) in [6.45, 7) is 0.191. The van der Waals surface area contributed by atoms with Gasteiger partial charge in [0.1, 0.15) is 0 Å². The van der Waals surface area contributed by atoms with Crippen LogP contribution in [-0.2, 0) is 17.6 Å². The van der Waals surface area contributed by atoms with Crippen molar-refractivity contribution in [2.75, 3.05) is 36.1 Å². The fraction of sp³-hybridized carbons (Fsp3) is 0.333. The molecule has 7 heteroatoms. The highest BCUT2D eigenvalue weighted by molar-refractivity contribution is 5.57. The highest BCUT2D eigenvalue weighted by atomic mass is 16.5. The number of aliphatic hydroxyl groups is 2. The highest BCUT2D eigenvalue weighted by Crippen LogP contribution is 2.18. The lowest BCUT2D eigenvalue weighted by molar-refractivity contribution is -0.00661. The topological polar surface area (TPSA) is 154 Å². The summed E-state index contributed by atoms with van der Waals surface area (Å²) in [7, 11) is 0. The SMILES string of the molecule is Nc1ccc(CC(O)COCC(O)Cc2ccc(N)cc2N)c(N)c1. The Labute approximate surface area is 147 Å². The second-order valence-electron chi connectivity index (χ2n) is 6.17. The molecule has 0 spiro atoms. The summed E-state index contributed by atoms with van der Waals surface area (Å²) in [5.41, 5.74) is 26.9. The van der Waals surface area contributed by atoms with Gasteiger partial charge in [0.25, 0.3) is 0 Å². The van der Waals surface area contributed by atoms with Crippen molar-refractivity contribution in [2.45, 2.75) is 25.0 Å². The molecule has 0 aliphatic heterocycles. The van der Waals surface area contributed by atoms with E-state index < -0.39 is 12.2 Å². The summed E-state index contributed by atoms with van der Waals surface area (Å²) >= 11 is 0. The number of aliphatic hydroxyl groups excluding tert-OH is 2. The van der Waals surface area contributed by atoms with E-state index in [1.165, 1.54) is 0 Å². The maximum absolute atomic E-state index is 10.0. The number of nitrogens with two attached hydrogens (primary N) is 4. The number of rotatable bonds is 8. The van der Waals surface area contributed by atoms with Gasteiger partial charge in [-0.3, -0.25) is 0 Å². The van der Waals surface area contributed by atoms with Crippen LogP contribution in [0.25, 0.3) is 0 Å². The van der Waals surface area contributed by atoms with Gasteiger partial charge in [0.05, 0.1) is 25.4 Å². The second kappa shape index (κ2) is 8.57. The van der Waals surface area contributed by atoms with Crippen LogP contribution < -0.4 is 22.9 Å². The first kappa shape index (κ1) is 18.9. The predicted octanol–water partition coefficient (Wildman–Crippen LogP) is 0.539. The molecule has 0 fully saturated rings. The Bertz CT molecular complexity index is 649. The Balaban J connectivity index is 1.75. The van der Waals surface area contributed by atoms with Gasteiger partial charge in [-0.25, -0.2) is 0 Å². The van der Waals surface area contributed by atoms with Crippen molar-refractivity contribution in [3.63, 3.8) is 0 Å². The average molecular weight is 346 g/mol. The first-order valence-electron chi connectivity index (χ1n) is 8.06. The van der Waals surface area contributed by atoms with Gasteiger partial charge >= 0.3 is 0 Å². The van der Waals surface area contributed by atoms with Crippen LogP contribution in [-0.4, -0.2) is 35.6 Å². The number of hydrogen-bond donors (Lipinski definition) is 6. The Morgan fingerprint density at radius 2 is 1.12 bits per heavy atom. The number of hydrogen-bond acceptors (Lipinski definition) is 7. The van der Waals surface area contributed by atoms with Gasteiger partial charge in [0.2, 0.25) is 0 Å². The monoisotopic (exact) mass is 346 g/mol. The van der Waals surface area contributed by atoms with Gasteiger partial charge in [-0.2, -0.15) is 0 Å². The number of nitrogen functional groups attached to an aromatic ring is 4. The van der Waals surface area contributed by atoms with Crippen molar-refractivity contribution in [3.8, 4) is 0 Å². The molecular formula is C18H26N4O3. The standard InChI is InChI=1S/C18H26N4O3/c19-13-3-1-11(17(21)7-13)5-15(23)9-25-10-16(24)6-12-2-4-14(20)8-18(12)22/h1-4,7-8,15-16,23-24H,5-6,9-10,19-22H2. The van der Waals surface area contributed by atoms with Crippen LogP contribution >= 0.6 is 0 Å². The third kappa shape index (κ3) is 5.82. The van der Waals surface area contributed by atoms with Gasteiger partial charge in [0, 0.05) is 35.6 Å². The van der Waals surface area contributed by atoms with Gasteiger partial charge in [0.15, 0.2) is 0 Å². The number of anilines is 4. The molecule has 0 saturated heterocycles. The molecule has 2 unspecified atom stereocenters. The van der Waals surface area contributed by atoms with Gasteiger partial charge in [-0.15, -0.1) is 0 Å². The lowest BCUT2D eigenvalue weighted by atomic mass is 10.1. The molecule has 0 aromatic heterocycles. The van der Waals surface area contributed by atoms with Gasteiger partial charge in [-0.05, 0) is 35.4 Å².